The number of aliphatic hydroxyl groups is 1. The van der Waals surface area contributed by atoms with Gasteiger partial charge in [0.1, 0.15) is 0 Å². The lowest BCUT2D eigenvalue weighted by Gasteiger charge is -2.19. The van der Waals surface area contributed by atoms with Gasteiger partial charge in [-0.1, -0.05) is 13.8 Å². The van der Waals surface area contributed by atoms with Crippen LogP contribution in [-0.4, -0.2) is 22.7 Å². The van der Waals surface area contributed by atoms with Crippen LogP contribution >= 0.6 is 0 Å². The number of hydrogen-bond acceptors (Lipinski definition) is 3. The van der Waals surface area contributed by atoms with E-state index in [1.165, 1.54) is 0 Å². The van der Waals surface area contributed by atoms with Crippen molar-refractivity contribution in [3.8, 4) is 0 Å². The molecule has 0 aromatic carbocycles. The highest BCUT2D eigenvalue weighted by molar-refractivity contribution is 5.37. The van der Waals surface area contributed by atoms with E-state index in [1.807, 2.05) is 13.8 Å². The molecular formula is C11H15F3N2O. The molecule has 1 heterocycles. The van der Waals surface area contributed by atoms with Gasteiger partial charge >= 0.3 is 0 Å². The van der Waals surface area contributed by atoms with Crippen molar-refractivity contribution in [1.29, 1.82) is 0 Å². The lowest BCUT2D eigenvalue weighted by molar-refractivity contribution is 0.258. The van der Waals surface area contributed by atoms with Gasteiger partial charge in [-0.2, -0.15) is 9.37 Å². The summed E-state index contributed by atoms with van der Waals surface area (Å²) in [5, 5.41) is 11.6. The fourth-order valence-electron chi connectivity index (χ4n) is 1.49. The lowest BCUT2D eigenvalue weighted by Crippen LogP contribution is -2.27. The summed E-state index contributed by atoms with van der Waals surface area (Å²) >= 11 is 0. The van der Waals surface area contributed by atoms with Crippen LogP contribution < -0.4 is 5.32 Å². The maximum absolute atomic E-state index is 13.3. The van der Waals surface area contributed by atoms with E-state index in [1.54, 1.807) is 0 Å². The second-order valence-corrected chi connectivity index (χ2v) is 4.24. The summed E-state index contributed by atoms with van der Waals surface area (Å²) < 4.78 is 38.7. The highest BCUT2D eigenvalue weighted by atomic mass is 19.2. The minimum absolute atomic E-state index is 0.238. The van der Waals surface area contributed by atoms with Gasteiger partial charge < -0.3 is 10.4 Å². The zero-order valence-electron chi connectivity index (χ0n) is 9.67. The molecule has 0 fully saturated rings. The summed E-state index contributed by atoms with van der Waals surface area (Å²) in [6, 6.07) is -0.0176. The summed E-state index contributed by atoms with van der Waals surface area (Å²) in [5.74, 6) is -3.80. The molecule has 2 N–H and O–H groups in total. The molecule has 17 heavy (non-hydrogen) atoms. The number of nitrogens with one attached hydrogen (secondary N) is 1. The van der Waals surface area contributed by atoms with E-state index < -0.39 is 23.6 Å². The second-order valence-electron chi connectivity index (χ2n) is 4.24. The molecular weight excluding hydrogens is 233 g/mol. The van der Waals surface area contributed by atoms with Crippen molar-refractivity contribution in [2.24, 2.45) is 5.92 Å². The van der Waals surface area contributed by atoms with E-state index in [-0.39, 0.29) is 18.3 Å². The van der Waals surface area contributed by atoms with Crippen molar-refractivity contribution in [3.05, 3.63) is 23.6 Å². The molecule has 0 bridgehead atoms. The van der Waals surface area contributed by atoms with E-state index >= 15 is 0 Å². The van der Waals surface area contributed by atoms with Crippen molar-refractivity contribution in [2.45, 2.75) is 26.3 Å². The van der Waals surface area contributed by atoms with Crippen molar-refractivity contribution in [1.82, 2.24) is 4.98 Å². The molecule has 0 spiro atoms. The van der Waals surface area contributed by atoms with Crippen LogP contribution in [0, 0.1) is 23.5 Å². The minimum Gasteiger partial charge on any atom is -0.394 e. The van der Waals surface area contributed by atoms with Gasteiger partial charge in [-0.15, -0.1) is 0 Å². The van der Waals surface area contributed by atoms with E-state index in [4.69, 9.17) is 5.11 Å². The molecule has 1 aromatic heterocycles. The number of nitrogens with zero attached hydrogens (tertiary/aromatic N) is 1. The van der Waals surface area contributed by atoms with Crippen LogP contribution in [0.1, 0.15) is 20.3 Å². The Labute approximate surface area is 97.7 Å². The Morgan fingerprint density at radius 2 is 1.94 bits per heavy atom. The summed E-state index contributed by atoms with van der Waals surface area (Å²) in [4.78, 5) is 3.13. The van der Waals surface area contributed by atoms with E-state index in [9.17, 15) is 13.2 Å². The first-order valence-electron chi connectivity index (χ1n) is 5.33. The minimum atomic E-state index is -1.37. The van der Waals surface area contributed by atoms with Gasteiger partial charge in [0, 0.05) is 6.07 Å². The predicted octanol–water partition coefficient (Wildman–Crippen LogP) is 2.32. The third kappa shape index (κ3) is 3.89. The van der Waals surface area contributed by atoms with E-state index in [0.29, 0.717) is 12.5 Å². The predicted molar refractivity (Wildman–Crippen MR) is 58.1 cm³/mol. The Bertz CT molecular complexity index is 385. The molecule has 0 amide bonds. The van der Waals surface area contributed by atoms with Gasteiger partial charge in [-0.05, 0) is 12.3 Å². The van der Waals surface area contributed by atoms with Crippen LogP contribution in [0.25, 0.3) is 0 Å². The van der Waals surface area contributed by atoms with Crippen molar-refractivity contribution in [3.63, 3.8) is 0 Å². The average molecular weight is 248 g/mol. The molecule has 1 rings (SSSR count). The maximum atomic E-state index is 13.3. The Kier molecular flexibility index (Phi) is 4.74. The molecule has 0 aliphatic rings. The molecule has 3 nitrogen and oxygen atoms in total. The third-order valence-electron chi connectivity index (χ3n) is 2.20. The van der Waals surface area contributed by atoms with Crippen molar-refractivity contribution in [2.75, 3.05) is 11.9 Å². The van der Waals surface area contributed by atoms with Gasteiger partial charge in [0.25, 0.3) is 5.95 Å². The molecule has 0 aliphatic heterocycles. The Morgan fingerprint density at radius 1 is 1.29 bits per heavy atom. The lowest BCUT2D eigenvalue weighted by atomic mass is 10.0. The molecule has 1 atom stereocenters. The van der Waals surface area contributed by atoms with Crippen LogP contribution in [0.15, 0.2) is 6.07 Å². The summed E-state index contributed by atoms with van der Waals surface area (Å²) in [6.45, 7) is 3.62. The SMILES string of the molecule is CC(C)CC(CO)Nc1nc(F)c(F)cc1F. The Balaban J connectivity index is 2.82. The van der Waals surface area contributed by atoms with Crippen molar-refractivity contribution < 1.29 is 18.3 Å². The molecule has 0 saturated heterocycles. The first-order valence-corrected chi connectivity index (χ1v) is 5.33. The van der Waals surface area contributed by atoms with Crippen LogP contribution in [0.4, 0.5) is 19.0 Å². The first-order chi connectivity index (χ1) is 7.93. The van der Waals surface area contributed by atoms with Gasteiger partial charge in [0.05, 0.1) is 12.6 Å². The zero-order valence-corrected chi connectivity index (χ0v) is 9.67. The largest absolute Gasteiger partial charge is 0.394 e. The molecule has 1 aromatic rings. The number of pyridine rings is 1. The Morgan fingerprint density at radius 3 is 2.47 bits per heavy atom. The smallest absolute Gasteiger partial charge is 0.251 e. The normalized spacial score (nSPS) is 12.9. The quantitative estimate of drug-likeness (QED) is 0.786. The first kappa shape index (κ1) is 13.8. The molecule has 6 heteroatoms. The van der Waals surface area contributed by atoms with Crippen LogP contribution in [-0.2, 0) is 0 Å². The molecule has 1 unspecified atom stereocenters. The summed E-state index contributed by atoms with van der Waals surface area (Å²) in [6.07, 6.45) is 0.566. The Hall–Kier alpha value is -1.30. The summed E-state index contributed by atoms with van der Waals surface area (Å²) in [7, 11) is 0. The van der Waals surface area contributed by atoms with Gasteiger partial charge in [0.2, 0.25) is 0 Å². The summed E-state index contributed by atoms with van der Waals surface area (Å²) in [5.41, 5.74) is 0. The zero-order chi connectivity index (χ0) is 13.0. The molecule has 0 aliphatic carbocycles. The van der Waals surface area contributed by atoms with Crippen LogP contribution in [0.2, 0.25) is 0 Å². The number of anilines is 1. The fraction of sp³-hybridized carbons (Fsp3) is 0.545. The topological polar surface area (TPSA) is 45.1 Å². The van der Waals surface area contributed by atoms with E-state index in [0.717, 1.165) is 0 Å². The van der Waals surface area contributed by atoms with Crippen LogP contribution in [0.3, 0.4) is 0 Å². The number of aromatic nitrogens is 1. The molecule has 0 radical (unpaired) electrons. The number of rotatable bonds is 5. The monoisotopic (exact) mass is 248 g/mol. The van der Waals surface area contributed by atoms with Crippen molar-refractivity contribution >= 4 is 5.82 Å². The molecule has 0 saturated carbocycles. The third-order valence-corrected chi connectivity index (χ3v) is 2.20. The number of hydrogen-bond donors (Lipinski definition) is 2. The molecule has 96 valence electrons. The second kappa shape index (κ2) is 5.86. The van der Waals surface area contributed by atoms with Gasteiger partial charge in [-0.25, -0.2) is 8.78 Å². The maximum Gasteiger partial charge on any atom is 0.251 e. The number of halogens is 3. The van der Waals surface area contributed by atoms with Gasteiger partial charge in [-0.3, -0.25) is 0 Å². The van der Waals surface area contributed by atoms with E-state index in [2.05, 4.69) is 10.3 Å². The number of aliphatic hydroxyl groups excluding tert-OH is 1. The standard InChI is InChI=1S/C11H15F3N2O/c1-6(2)3-7(5-17)15-11-9(13)4-8(12)10(14)16-11/h4,6-7,17H,3,5H2,1-2H3,(H,15,16). The average Bonchev–Trinajstić information content (AvgIpc) is 2.24. The fourth-order valence-corrected chi connectivity index (χ4v) is 1.49. The highest BCUT2D eigenvalue weighted by Gasteiger charge is 2.16. The van der Waals surface area contributed by atoms with Gasteiger partial charge in [0.15, 0.2) is 17.5 Å². The highest BCUT2D eigenvalue weighted by Crippen LogP contribution is 2.17. The van der Waals surface area contributed by atoms with Crippen LogP contribution in [0.5, 0.6) is 0 Å².